The summed E-state index contributed by atoms with van der Waals surface area (Å²) < 4.78 is 11.0. The van der Waals surface area contributed by atoms with Crippen LogP contribution in [0.15, 0.2) is 42.6 Å². The molecule has 0 saturated carbocycles. The lowest BCUT2D eigenvalue weighted by Gasteiger charge is -2.29. The first-order valence-electron chi connectivity index (χ1n) is 9.99. The van der Waals surface area contributed by atoms with Gasteiger partial charge in [0.1, 0.15) is 12.4 Å². The molecule has 6 nitrogen and oxygen atoms in total. The van der Waals surface area contributed by atoms with E-state index in [2.05, 4.69) is 22.9 Å². The van der Waals surface area contributed by atoms with E-state index in [0.717, 1.165) is 62.6 Å². The molecule has 28 heavy (non-hydrogen) atoms. The van der Waals surface area contributed by atoms with E-state index in [-0.39, 0.29) is 12.1 Å². The van der Waals surface area contributed by atoms with Crippen LogP contribution in [0, 0.1) is 6.92 Å². The molecule has 2 saturated heterocycles. The lowest BCUT2D eigenvalue weighted by molar-refractivity contribution is 0.0919. The second-order valence-corrected chi connectivity index (χ2v) is 7.39. The predicted molar refractivity (Wildman–Crippen MR) is 107 cm³/mol. The molecular weight excluding hydrogens is 354 g/mol. The van der Waals surface area contributed by atoms with Gasteiger partial charge in [-0.25, -0.2) is 9.78 Å². The SMILES string of the molecule is Cc1cc(N2CCOCC2)ncc1[C@@H]1CCCN1C(=O)OCc1ccccc1. The fourth-order valence-corrected chi connectivity index (χ4v) is 3.98. The van der Waals surface area contributed by atoms with Gasteiger partial charge in [0.2, 0.25) is 0 Å². The lowest BCUT2D eigenvalue weighted by atomic mass is 10.0. The zero-order valence-corrected chi connectivity index (χ0v) is 16.3. The number of aryl methyl sites for hydroxylation is 1. The van der Waals surface area contributed by atoms with Crippen LogP contribution in [0.1, 0.15) is 35.6 Å². The van der Waals surface area contributed by atoms with Gasteiger partial charge in [-0.1, -0.05) is 30.3 Å². The van der Waals surface area contributed by atoms with Crippen LogP contribution >= 0.6 is 0 Å². The highest BCUT2D eigenvalue weighted by molar-refractivity contribution is 5.69. The average molecular weight is 381 g/mol. The van der Waals surface area contributed by atoms with E-state index in [4.69, 9.17) is 9.47 Å². The fourth-order valence-electron chi connectivity index (χ4n) is 3.98. The van der Waals surface area contributed by atoms with Crippen LogP contribution in [0.4, 0.5) is 10.6 Å². The van der Waals surface area contributed by atoms with E-state index < -0.39 is 0 Å². The van der Waals surface area contributed by atoms with E-state index in [1.807, 2.05) is 41.4 Å². The van der Waals surface area contributed by atoms with E-state index in [1.54, 1.807) is 0 Å². The number of amides is 1. The van der Waals surface area contributed by atoms with Crippen molar-refractivity contribution >= 4 is 11.9 Å². The number of hydrogen-bond donors (Lipinski definition) is 0. The van der Waals surface area contributed by atoms with E-state index >= 15 is 0 Å². The number of pyridine rings is 1. The van der Waals surface area contributed by atoms with Crippen LogP contribution in [-0.2, 0) is 16.1 Å². The smallest absolute Gasteiger partial charge is 0.410 e. The summed E-state index contributed by atoms with van der Waals surface area (Å²) in [4.78, 5) is 21.5. The molecule has 2 fully saturated rings. The predicted octanol–water partition coefficient (Wildman–Crippen LogP) is 3.70. The van der Waals surface area contributed by atoms with Gasteiger partial charge in [-0.05, 0) is 42.5 Å². The number of carbonyl (C=O) groups excluding carboxylic acids is 1. The number of ether oxygens (including phenoxy) is 2. The number of nitrogens with zero attached hydrogens (tertiary/aromatic N) is 3. The zero-order valence-electron chi connectivity index (χ0n) is 16.3. The summed E-state index contributed by atoms with van der Waals surface area (Å²) >= 11 is 0. The van der Waals surface area contributed by atoms with Crippen molar-refractivity contribution in [3.8, 4) is 0 Å². The molecule has 0 radical (unpaired) electrons. The number of carbonyl (C=O) groups is 1. The van der Waals surface area contributed by atoms with Gasteiger partial charge < -0.3 is 19.3 Å². The summed E-state index contributed by atoms with van der Waals surface area (Å²) in [6.07, 6.45) is 3.62. The Morgan fingerprint density at radius 2 is 2.00 bits per heavy atom. The van der Waals surface area contributed by atoms with Crippen molar-refractivity contribution in [3.63, 3.8) is 0 Å². The van der Waals surface area contributed by atoms with E-state index in [0.29, 0.717) is 6.61 Å². The minimum atomic E-state index is -0.247. The Balaban J connectivity index is 1.44. The molecule has 1 atom stereocenters. The molecule has 4 rings (SSSR count). The first kappa shape index (κ1) is 18.7. The van der Waals surface area contributed by atoms with Gasteiger partial charge in [0.15, 0.2) is 0 Å². The third-order valence-electron chi connectivity index (χ3n) is 5.52. The molecule has 2 aliphatic rings. The van der Waals surface area contributed by atoms with Gasteiger partial charge in [0.25, 0.3) is 0 Å². The number of rotatable bonds is 4. The molecule has 1 amide bonds. The van der Waals surface area contributed by atoms with Crippen molar-refractivity contribution in [1.29, 1.82) is 0 Å². The molecule has 1 aromatic carbocycles. The Hall–Kier alpha value is -2.60. The minimum absolute atomic E-state index is 0.0366. The Labute approximate surface area is 166 Å². The molecule has 3 heterocycles. The van der Waals surface area contributed by atoms with Gasteiger partial charge in [-0.15, -0.1) is 0 Å². The summed E-state index contributed by atoms with van der Waals surface area (Å²) in [7, 11) is 0. The highest BCUT2D eigenvalue weighted by Gasteiger charge is 2.32. The molecule has 0 aliphatic carbocycles. The highest BCUT2D eigenvalue weighted by Crippen LogP contribution is 2.35. The van der Waals surface area contributed by atoms with Crippen LogP contribution in [-0.4, -0.2) is 48.8 Å². The van der Waals surface area contributed by atoms with Gasteiger partial charge >= 0.3 is 6.09 Å². The van der Waals surface area contributed by atoms with Crippen molar-refractivity contribution in [1.82, 2.24) is 9.88 Å². The molecule has 2 aromatic rings. The summed E-state index contributed by atoms with van der Waals surface area (Å²) in [5.41, 5.74) is 3.29. The molecule has 6 heteroatoms. The topological polar surface area (TPSA) is 54.9 Å². The quantitative estimate of drug-likeness (QED) is 0.808. The molecule has 0 spiro atoms. The van der Waals surface area contributed by atoms with Crippen molar-refractivity contribution in [2.45, 2.75) is 32.4 Å². The second kappa shape index (κ2) is 8.61. The fraction of sp³-hybridized carbons (Fsp3) is 0.455. The number of aromatic nitrogens is 1. The van der Waals surface area contributed by atoms with E-state index in [1.165, 1.54) is 5.56 Å². The molecular formula is C22H27N3O3. The Morgan fingerprint density at radius 3 is 2.75 bits per heavy atom. The molecule has 0 bridgehead atoms. The standard InChI is InChI=1S/C22H27N3O3/c1-17-14-21(24-10-12-27-13-11-24)23-15-19(17)20-8-5-9-25(20)22(26)28-16-18-6-3-2-4-7-18/h2-4,6-7,14-15,20H,5,8-13,16H2,1H3/t20-/m0/s1. The highest BCUT2D eigenvalue weighted by atomic mass is 16.6. The van der Waals surface area contributed by atoms with Gasteiger partial charge in [0, 0.05) is 25.8 Å². The maximum absolute atomic E-state index is 12.7. The summed E-state index contributed by atoms with van der Waals surface area (Å²) in [5.74, 6) is 0.987. The van der Waals surface area contributed by atoms with Crippen LogP contribution < -0.4 is 4.90 Å². The number of benzene rings is 1. The van der Waals surface area contributed by atoms with Crippen molar-refractivity contribution in [2.24, 2.45) is 0 Å². The molecule has 0 unspecified atom stereocenters. The number of morpholine rings is 1. The first-order chi connectivity index (χ1) is 13.7. The zero-order chi connectivity index (χ0) is 19.3. The minimum Gasteiger partial charge on any atom is -0.445 e. The van der Waals surface area contributed by atoms with E-state index in [9.17, 15) is 4.79 Å². The van der Waals surface area contributed by atoms with Gasteiger partial charge in [0.05, 0.1) is 19.3 Å². The Kier molecular flexibility index (Phi) is 5.76. The lowest BCUT2D eigenvalue weighted by Crippen LogP contribution is -2.37. The average Bonchev–Trinajstić information content (AvgIpc) is 3.23. The number of likely N-dealkylation sites (tertiary alicyclic amines) is 1. The largest absolute Gasteiger partial charge is 0.445 e. The molecule has 0 N–H and O–H groups in total. The van der Waals surface area contributed by atoms with Gasteiger partial charge in [-0.2, -0.15) is 0 Å². The molecule has 1 aromatic heterocycles. The summed E-state index contributed by atoms with van der Waals surface area (Å²) in [5, 5.41) is 0. The second-order valence-electron chi connectivity index (χ2n) is 7.39. The Morgan fingerprint density at radius 1 is 1.21 bits per heavy atom. The number of hydrogen-bond acceptors (Lipinski definition) is 5. The number of anilines is 1. The Bertz CT molecular complexity index is 806. The van der Waals surface area contributed by atoms with Crippen LogP contribution in [0.5, 0.6) is 0 Å². The van der Waals surface area contributed by atoms with Crippen LogP contribution in [0.25, 0.3) is 0 Å². The van der Waals surface area contributed by atoms with Crippen molar-refractivity contribution in [2.75, 3.05) is 37.7 Å². The third kappa shape index (κ3) is 4.12. The maximum atomic E-state index is 12.7. The van der Waals surface area contributed by atoms with Crippen LogP contribution in [0.3, 0.4) is 0 Å². The van der Waals surface area contributed by atoms with Crippen molar-refractivity contribution in [3.05, 3.63) is 59.3 Å². The normalized spacial score (nSPS) is 19.7. The third-order valence-corrected chi connectivity index (χ3v) is 5.52. The maximum Gasteiger partial charge on any atom is 0.410 e. The monoisotopic (exact) mass is 381 g/mol. The van der Waals surface area contributed by atoms with Crippen molar-refractivity contribution < 1.29 is 14.3 Å². The molecule has 2 aliphatic heterocycles. The molecule has 148 valence electrons. The first-order valence-corrected chi connectivity index (χ1v) is 9.99. The van der Waals surface area contributed by atoms with Crippen LogP contribution in [0.2, 0.25) is 0 Å². The van der Waals surface area contributed by atoms with Gasteiger partial charge in [-0.3, -0.25) is 0 Å². The summed E-state index contributed by atoms with van der Waals surface area (Å²) in [6, 6.07) is 12.0. The summed E-state index contributed by atoms with van der Waals surface area (Å²) in [6.45, 7) is 6.35.